The van der Waals surface area contributed by atoms with Crippen LogP contribution in [0.2, 0.25) is 0 Å². The molecule has 0 saturated carbocycles. The summed E-state index contributed by atoms with van der Waals surface area (Å²) >= 11 is 1.61. The van der Waals surface area contributed by atoms with Crippen molar-refractivity contribution in [3.8, 4) is 5.75 Å². The summed E-state index contributed by atoms with van der Waals surface area (Å²) in [7, 11) is 0. The van der Waals surface area contributed by atoms with Gasteiger partial charge in [-0.05, 0) is 49.9 Å². The van der Waals surface area contributed by atoms with E-state index in [4.69, 9.17) is 14.2 Å². The number of aromatic nitrogens is 2. The number of hydrogen-bond donors (Lipinski definition) is 0. The predicted molar refractivity (Wildman–Crippen MR) is 114 cm³/mol. The standard InChI is InChI=1S/C22H28N4O3S/c1-2-4-20(29-18-11-27-12-18)19(3-1)16-5-7-25(8-6-16)17-9-22(28-10-17)13-26(14-22)21-24-23-15-30-21/h1-4,15-18H,5-14H2/t17-/m0/s1. The number of ether oxygens (including phenoxy) is 3. The van der Waals surface area contributed by atoms with Crippen molar-refractivity contribution in [3.63, 3.8) is 0 Å². The number of nitrogens with zero attached hydrogens (tertiary/aromatic N) is 4. The summed E-state index contributed by atoms with van der Waals surface area (Å²) in [5.74, 6) is 1.63. The van der Waals surface area contributed by atoms with E-state index in [0.717, 1.165) is 50.1 Å². The minimum absolute atomic E-state index is 0.0263. The number of hydrogen-bond acceptors (Lipinski definition) is 8. The van der Waals surface area contributed by atoms with Crippen molar-refractivity contribution >= 4 is 16.5 Å². The van der Waals surface area contributed by atoms with E-state index in [1.807, 2.05) is 0 Å². The Kier molecular flexibility index (Phi) is 4.90. The zero-order valence-corrected chi connectivity index (χ0v) is 17.9. The van der Waals surface area contributed by atoms with E-state index in [1.165, 1.54) is 18.4 Å². The van der Waals surface area contributed by atoms with Crippen molar-refractivity contribution in [2.75, 3.05) is 50.9 Å². The topological polar surface area (TPSA) is 60.0 Å². The highest BCUT2D eigenvalue weighted by molar-refractivity contribution is 7.13. The molecule has 8 heteroatoms. The third-order valence-electron chi connectivity index (χ3n) is 7.07. The van der Waals surface area contributed by atoms with Gasteiger partial charge >= 0.3 is 0 Å². The van der Waals surface area contributed by atoms with Crippen LogP contribution in [0.15, 0.2) is 29.8 Å². The molecule has 4 fully saturated rings. The van der Waals surface area contributed by atoms with Crippen LogP contribution in [0.4, 0.5) is 5.13 Å². The molecular weight excluding hydrogens is 400 g/mol. The zero-order chi connectivity index (χ0) is 20.0. The Morgan fingerprint density at radius 1 is 1.10 bits per heavy atom. The fourth-order valence-corrected chi connectivity index (χ4v) is 5.89. The second kappa shape index (κ2) is 7.75. The summed E-state index contributed by atoms with van der Waals surface area (Å²) in [6.45, 7) is 6.45. The van der Waals surface area contributed by atoms with Gasteiger partial charge in [0.2, 0.25) is 5.13 Å². The number of piperidine rings is 1. The summed E-state index contributed by atoms with van der Waals surface area (Å²) in [4.78, 5) is 4.94. The molecule has 1 atom stereocenters. The average Bonchev–Trinajstić information content (AvgIpc) is 3.40. The molecule has 0 aliphatic carbocycles. The molecule has 1 aromatic carbocycles. The predicted octanol–water partition coefficient (Wildman–Crippen LogP) is 2.54. The van der Waals surface area contributed by atoms with Crippen molar-refractivity contribution in [3.05, 3.63) is 35.3 Å². The maximum absolute atomic E-state index is 6.30. The number of anilines is 1. The minimum atomic E-state index is 0.0263. The Hall–Kier alpha value is -1.74. The summed E-state index contributed by atoms with van der Waals surface area (Å²) in [6, 6.07) is 9.13. The number of rotatable bonds is 5. The van der Waals surface area contributed by atoms with Crippen LogP contribution >= 0.6 is 11.3 Å². The van der Waals surface area contributed by atoms with Crippen molar-refractivity contribution in [1.82, 2.24) is 15.1 Å². The summed E-state index contributed by atoms with van der Waals surface area (Å²) in [5.41, 5.74) is 3.19. The Morgan fingerprint density at radius 3 is 2.67 bits per heavy atom. The van der Waals surface area contributed by atoms with Gasteiger partial charge in [-0.2, -0.15) is 0 Å². The monoisotopic (exact) mass is 428 g/mol. The summed E-state index contributed by atoms with van der Waals surface area (Å²) in [5, 5.41) is 9.15. The lowest BCUT2D eigenvalue weighted by Gasteiger charge is -2.47. The first-order chi connectivity index (χ1) is 14.8. The Labute approximate surface area is 180 Å². The molecule has 1 spiro atoms. The molecule has 0 radical (unpaired) electrons. The quantitative estimate of drug-likeness (QED) is 0.725. The zero-order valence-electron chi connectivity index (χ0n) is 17.1. The Morgan fingerprint density at radius 2 is 1.93 bits per heavy atom. The Balaban J connectivity index is 1.04. The minimum Gasteiger partial charge on any atom is -0.485 e. The molecule has 2 aromatic rings. The SMILES string of the molecule is c1ccc(C2CCN([C@@H]3COC4(C3)CN(c3nncs3)C4)CC2)c(OC2COC2)c1. The van der Waals surface area contributed by atoms with Crippen molar-refractivity contribution < 1.29 is 14.2 Å². The fraction of sp³-hybridized carbons (Fsp3) is 0.636. The first-order valence-electron chi connectivity index (χ1n) is 11.0. The molecule has 0 bridgehead atoms. The van der Waals surface area contributed by atoms with Gasteiger partial charge < -0.3 is 19.1 Å². The van der Waals surface area contributed by atoms with Crippen LogP contribution in [0, 0.1) is 0 Å². The molecular formula is C22H28N4O3S. The lowest BCUT2D eigenvalue weighted by Crippen LogP contribution is -2.62. The van der Waals surface area contributed by atoms with Gasteiger partial charge in [-0.1, -0.05) is 29.5 Å². The van der Waals surface area contributed by atoms with E-state index in [9.17, 15) is 0 Å². The van der Waals surface area contributed by atoms with Gasteiger partial charge in [0.25, 0.3) is 0 Å². The van der Waals surface area contributed by atoms with Crippen molar-refractivity contribution in [2.45, 2.75) is 42.9 Å². The lowest BCUT2D eigenvalue weighted by molar-refractivity contribution is -0.0801. The molecule has 7 nitrogen and oxygen atoms in total. The highest BCUT2D eigenvalue weighted by Crippen LogP contribution is 2.41. The van der Waals surface area contributed by atoms with E-state index in [2.05, 4.69) is 44.3 Å². The molecule has 6 rings (SSSR count). The van der Waals surface area contributed by atoms with E-state index in [-0.39, 0.29) is 11.7 Å². The first kappa shape index (κ1) is 19.0. The molecule has 0 unspecified atom stereocenters. The molecule has 30 heavy (non-hydrogen) atoms. The molecule has 0 amide bonds. The van der Waals surface area contributed by atoms with E-state index >= 15 is 0 Å². The van der Waals surface area contributed by atoms with E-state index < -0.39 is 0 Å². The molecule has 4 saturated heterocycles. The number of likely N-dealkylation sites (tertiary alicyclic amines) is 1. The summed E-state index contributed by atoms with van der Waals surface area (Å²) < 4.78 is 17.8. The number of benzene rings is 1. The lowest BCUT2D eigenvalue weighted by atomic mass is 9.86. The third kappa shape index (κ3) is 3.49. The molecule has 0 N–H and O–H groups in total. The van der Waals surface area contributed by atoms with Crippen LogP contribution in [0.25, 0.3) is 0 Å². The second-order valence-electron chi connectivity index (χ2n) is 9.05. The first-order valence-corrected chi connectivity index (χ1v) is 11.9. The van der Waals surface area contributed by atoms with Crippen LogP contribution in [0.3, 0.4) is 0 Å². The van der Waals surface area contributed by atoms with Gasteiger partial charge in [0.05, 0.1) is 32.9 Å². The molecule has 5 heterocycles. The second-order valence-corrected chi connectivity index (χ2v) is 9.87. The van der Waals surface area contributed by atoms with Crippen LogP contribution < -0.4 is 9.64 Å². The maximum Gasteiger partial charge on any atom is 0.208 e. The highest BCUT2D eigenvalue weighted by atomic mass is 32.1. The normalized spacial score (nSPS) is 27.2. The van der Waals surface area contributed by atoms with Crippen molar-refractivity contribution in [1.29, 1.82) is 0 Å². The van der Waals surface area contributed by atoms with Crippen molar-refractivity contribution in [2.24, 2.45) is 0 Å². The average molecular weight is 429 g/mol. The smallest absolute Gasteiger partial charge is 0.208 e. The third-order valence-corrected chi connectivity index (χ3v) is 7.82. The molecule has 4 aliphatic heterocycles. The van der Waals surface area contributed by atoms with E-state index in [1.54, 1.807) is 16.8 Å². The Bertz CT molecular complexity index is 861. The van der Waals surface area contributed by atoms with Crippen LogP contribution in [-0.2, 0) is 9.47 Å². The molecule has 4 aliphatic rings. The van der Waals surface area contributed by atoms with Crippen LogP contribution in [0.5, 0.6) is 5.75 Å². The molecule has 160 valence electrons. The number of para-hydroxylation sites is 1. The van der Waals surface area contributed by atoms with E-state index in [0.29, 0.717) is 25.2 Å². The van der Waals surface area contributed by atoms with Gasteiger partial charge in [-0.3, -0.25) is 4.90 Å². The van der Waals surface area contributed by atoms with Crippen LogP contribution in [-0.4, -0.2) is 78.8 Å². The van der Waals surface area contributed by atoms with Gasteiger partial charge in [0, 0.05) is 6.04 Å². The highest BCUT2D eigenvalue weighted by Gasteiger charge is 2.51. The van der Waals surface area contributed by atoms with Gasteiger partial charge in [-0.25, -0.2) is 0 Å². The fourth-order valence-electron chi connectivity index (χ4n) is 5.33. The molecule has 1 aromatic heterocycles. The van der Waals surface area contributed by atoms with Gasteiger partial charge in [0.1, 0.15) is 23.0 Å². The largest absolute Gasteiger partial charge is 0.485 e. The summed E-state index contributed by atoms with van der Waals surface area (Å²) in [6.07, 6.45) is 3.72. The van der Waals surface area contributed by atoms with Gasteiger partial charge in [0.15, 0.2) is 0 Å². The van der Waals surface area contributed by atoms with Gasteiger partial charge in [-0.15, -0.1) is 10.2 Å². The van der Waals surface area contributed by atoms with Crippen LogP contribution in [0.1, 0.15) is 30.7 Å². The maximum atomic E-state index is 6.30.